The largest absolute Gasteiger partial charge is 0.489 e. The summed E-state index contributed by atoms with van der Waals surface area (Å²) in [5.74, 6) is -1.19. The summed E-state index contributed by atoms with van der Waals surface area (Å²) in [6.07, 6.45) is -1.15. The molecule has 0 amide bonds. The Morgan fingerprint density at radius 2 is 1.93 bits per heavy atom. The molecule has 2 atom stereocenters. The van der Waals surface area contributed by atoms with E-state index in [2.05, 4.69) is 5.32 Å². The highest BCUT2D eigenvalue weighted by atomic mass is 35.5. The maximum atomic E-state index is 11.9. The van der Waals surface area contributed by atoms with Crippen molar-refractivity contribution in [3.63, 3.8) is 0 Å². The van der Waals surface area contributed by atoms with Crippen molar-refractivity contribution in [1.82, 2.24) is 0 Å². The zero-order valence-corrected chi connectivity index (χ0v) is 15.4. The molecule has 7 nitrogen and oxygen atoms in total. The van der Waals surface area contributed by atoms with E-state index in [1.54, 1.807) is 24.3 Å². The van der Waals surface area contributed by atoms with Crippen molar-refractivity contribution >= 4 is 34.9 Å². The Balaban J connectivity index is 2.39. The first-order chi connectivity index (χ1) is 12.8. The van der Waals surface area contributed by atoms with Crippen molar-refractivity contribution in [2.75, 3.05) is 18.5 Å². The second kappa shape index (κ2) is 9.44. The van der Waals surface area contributed by atoms with Gasteiger partial charge < -0.3 is 25.4 Å². The van der Waals surface area contributed by atoms with E-state index in [-0.39, 0.29) is 28.0 Å². The molecule has 0 saturated heterocycles. The van der Waals surface area contributed by atoms with Gasteiger partial charge in [-0.2, -0.15) is 5.26 Å². The number of aliphatic hydroxyl groups excluding tert-OH is 2. The number of nitrogens with zero attached hydrogens (tertiary/aromatic N) is 1. The number of halogens is 2. The van der Waals surface area contributed by atoms with E-state index in [9.17, 15) is 15.0 Å². The molecule has 0 radical (unpaired) electrons. The van der Waals surface area contributed by atoms with Crippen LogP contribution in [0.3, 0.4) is 0 Å². The number of hydrogen-bond donors (Lipinski definition) is 4. The van der Waals surface area contributed by atoms with Crippen LogP contribution in [-0.4, -0.2) is 40.6 Å². The van der Waals surface area contributed by atoms with E-state index in [1.165, 1.54) is 12.1 Å². The lowest BCUT2D eigenvalue weighted by Gasteiger charge is -2.21. The summed E-state index contributed by atoms with van der Waals surface area (Å²) in [5, 5.41) is 40.0. The first-order valence-electron chi connectivity index (χ1n) is 7.76. The number of hydrogen-bond acceptors (Lipinski definition) is 6. The van der Waals surface area contributed by atoms with Crippen LogP contribution in [0.25, 0.3) is 0 Å². The van der Waals surface area contributed by atoms with E-state index in [4.69, 9.17) is 38.3 Å². The number of rotatable bonds is 8. The molecule has 0 aliphatic heterocycles. The maximum absolute atomic E-state index is 11.9. The van der Waals surface area contributed by atoms with E-state index < -0.39 is 24.7 Å². The average Bonchev–Trinajstić information content (AvgIpc) is 2.64. The van der Waals surface area contributed by atoms with Crippen molar-refractivity contribution in [2.45, 2.75) is 12.1 Å². The summed E-state index contributed by atoms with van der Waals surface area (Å²) in [6.45, 7) is -0.805. The van der Waals surface area contributed by atoms with E-state index in [0.29, 0.717) is 11.3 Å². The molecular weight excluding hydrogens is 395 g/mol. The van der Waals surface area contributed by atoms with Crippen molar-refractivity contribution in [1.29, 1.82) is 5.26 Å². The topological polar surface area (TPSA) is 123 Å². The van der Waals surface area contributed by atoms with Crippen LogP contribution in [0.4, 0.5) is 5.69 Å². The molecule has 0 bridgehead atoms. The number of nitriles is 1. The molecule has 2 aromatic rings. The lowest BCUT2D eigenvalue weighted by molar-refractivity contribution is -0.138. The molecule has 0 fully saturated rings. The van der Waals surface area contributed by atoms with Gasteiger partial charge in [0.05, 0.1) is 23.3 Å². The third-order valence-electron chi connectivity index (χ3n) is 3.55. The zero-order chi connectivity index (χ0) is 20.0. The monoisotopic (exact) mass is 410 g/mol. The molecule has 0 aromatic heterocycles. The third-order valence-corrected chi connectivity index (χ3v) is 4.05. The Hall–Kier alpha value is -2.50. The highest BCUT2D eigenvalue weighted by Crippen LogP contribution is 2.37. The van der Waals surface area contributed by atoms with Crippen molar-refractivity contribution in [2.24, 2.45) is 0 Å². The van der Waals surface area contributed by atoms with Gasteiger partial charge in [0, 0.05) is 16.3 Å². The number of anilines is 1. The molecule has 142 valence electrons. The number of carboxylic acid groups (broad SMARTS) is 1. The maximum Gasteiger partial charge on any atom is 0.330 e. The summed E-state index contributed by atoms with van der Waals surface area (Å²) in [6, 6.07) is 9.70. The van der Waals surface area contributed by atoms with Crippen molar-refractivity contribution < 1.29 is 24.9 Å². The van der Waals surface area contributed by atoms with Crippen LogP contribution >= 0.6 is 23.2 Å². The molecule has 0 aliphatic rings. The van der Waals surface area contributed by atoms with Gasteiger partial charge in [0.1, 0.15) is 18.5 Å². The van der Waals surface area contributed by atoms with Crippen LogP contribution in [0.5, 0.6) is 5.75 Å². The third kappa shape index (κ3) is 5.49. The Bertz CT molecular complexity index is 852. The van der Waals surface area contributed by atoms with Crippen LogP contribution in [0, 0.1) is 11.3 Å². The highest BCUT2D eigenvalue weighted by molar-refractivity contribution is 6.35. The summed E-state index contributed by atoms with van der Waals surface area (Å²) in [7, 11) is 0. The molecule has 1 unspecified atom stereocenters. The quantitative estimate of drug-likeness (QED) is 0.527. The first-order valence-corrected chi connectivity index (χ1v) is 8.51. The van der Waals surface area contributed by atoms with Crippen LogP contribution in [-0.2, 0) is 4.79 Å². The molecule has 2 rings (SSSR count). The fourth-order valence-electron chi connectivity index (χ4n) is 2.26. The van der Waals surface area contributed by atoms with E-state index >= 15 is 0 Å². The Kier molecular flexibility index (Phi) is 7.28. The molecule has 9 heteroatoms. The number of carbonyl (C=O) groups is 1. The number of carboxylic acids is 1. The van der Waals surface area contributed by atoms with Crippen LogP contribution in [0.1, 0.15) is 17.2 Å². The Morgan fingerprint density at radius 3 is 2.48 bits per heavy atom. The van der Waals surface area contributed by atoms with Crippen molar-refractivity contribution in [3.05, 3.63) is 57.6 Å². The molecule has 2 aromatic carbocycles. The molecule has 0 spiro atoms. The predicted octanol–water partition coefficient (Wildman–Crippen LogP) is 2.83. The molecule has 27 heavy (non-hydrogen) atoms. The van der Waals surface area contributed by atoms with Gasteiger partial charge in [0.2, 0.25) is 0 Å². The van der Waals surface area contributed by atoms with Gasteiger partial charge in [-0.15, -0.1) is 0 Å². The number of nitrogens with one attached hydrogen (secondary N) is 1. The van der Waals surface area contributed by atoms with Crippen molar-refractivity contribution in [3.8, 4) is 11.8 Å². The van der Waals surface area contributed by atoms with Crippen LogP contribution in [0.15, 0.2) is 36.4 Å². The SMILES string of the molecule is N#Cc1ccc(NC(C(=O)O)c2cc(Cl)cc(Cl)c2OC[C@@H](O)CO)cc1. The van der Waals surface area contributed by atoms with Gasteiger partial charge in [-0.1, -0.05) is 23.2 Å². The predicted molar refractivity (Wildman–Crippen MR) is 100 cm³/mol. The van der Waals surface area contributed by atoms with Gasteiger partial charge in [-0.05, 0) is 36.4 Å². The van der Waals surface area contributed by atoms with Gasteiger partial charge in [0.15, 0.2) is 6.04 Å². The lowest BCUT2D eigenvalue weighted by atomic mass is 10.0. The molecule has 0 saturated carbocycles. The highest BCUT2D eigenvalue weighted by Gasteiger charge is 2.26. The van der Waals surface area contributed by atoms with E-state index in [0.717, 1.165) is 0 Å². The number of aliphatic hydroxyl groups is 2. The Labute approximate surface area is 165 Å². The second-order valence-corrected chi connectivity index (χ2v) is 6.40. The second-order valence-electron chi connectivity index (χ2n) is 5.56. The van der Waals surface area contributed by atoms with Crippen LogP contribution < -0.4 is 10.1 Å². The van der Waals surface area contributed by atoms with Gasteiger partial charge >= 0.3 is 5.97 Å². The summed E-state index contributed by atoms with van der Waals surface area (Å²) in [4.78, 5) is 11.9. The average molecular weight is 411 g/mol. The molecule has 0 heterocycles. The fourth-order valence-corrected chi connectivity index (χ4v) is 2.82. The van der Waals surface area contributed by atoms with Gasteiger partial charge in [-0.3, -0.25) is 0 Å². The Morgan fingerprint density at radius 1 is 1.26 bits per heavy atom. The number of ether oxygens (including phenoxy) is 1. The van der Waals surface area contributed by atoms with Crippen LogP contribution in [0.2, 0.25) is 10.0 Å². The minimum absolute atomic E-state index is 0.0297. The van der Waals surface area contributed by atoms with Gasteiger partial charge in [0.25, 0.3) is 0 Å². The normalized spacial score (nSPS) is 12.7. The fraction of sp³-hybridized carbons (Fsp3) is 0.222. The summed E-state index contributed by atoms with van der Waals surface area (Å²) in [5.41, 5.74) is 1.04. The van der Waals surface area contributed by atoms with Gasteiger partial charge in [-0.25, -0.2) is 4.79 Å². The zero-order valence-electron chi connectivity index (χ0n) is 13.9. The summed E-state index contributed by atoms with van der Waals surface area (Å²) < 4.78 is 5.43. The molecule has 4 N–H and O–H groups in total. The lowest BCUT2D eigenvalue weighted by Crippen LogP contribution is -2.24. The summed E-state index contributed by atoms with van der Waals surface area (Å²) >= 11 is 12.2. The van der Waals surface area contributed by atoms with E-state index in [1.807, 2.05) is 6.07 Å². The number of benzene rings is 2. The molecule has 0 aliphatic carbocycles. The smallest absolute Gasteiger partial charge is 0.330 e. The first kappa shape index (κ1) is 20.8. The standard InChI is InChI=1S/C18H16Cl2N2O5/c19-11-5-14(17(15(20)6-11)27-9-13(24)8-23)16(18(25)26)22-12-3-1-10(7-21)2-4-12/h1-6,13,16,22-24H,8-9H2,(H,25,26)/t13-,16?/m0/s1. The number of aliphatic carboxylic acids is 1. The minimum atomic E-state index is -1.27. The minimum Gasteiger partial charge on any atom is -0.489 e. The molecular formula is C18H16Cl2N2O5.